The van der Waals surface area contributed by atoms with E-state index in [1.54, 1.807) is 18.4 Å². The number of benzene rings is 1. The van der Waals surface area contributed by atoms with Gasteiger partial charge < -0.3 is 15.4 Å². The second kappa shape index (κ2) is 11.4. The van der Waals surface area contributed by atoms with Crippen molar-refractivity contribution in [2.45, 2.75) is 13.2 Å². The predicted octanol–water partition coefficient (Wildman–Crippen LogP) is 3.25. The minimum atomic E-state index is 0. The highest BCUT2D eigenvalue weighted by molar-refractivity contribution is 14.0. The van der Waals surface area contributed by atoms with Gasteiger partial charge >= 0.3 is 0 Å². The second-order valence-corrected chi connectivity index (χ2v) is 5.30. The standard InChI is InChI=1S/C16H21N3OS.HI/c1-17-16(19-11-15-7-10-21-13-15)18-8-9-20-12-14-5-3-2-4-6-14;/h2-7,10,13H,8-9,11-12H2,1H3,(H2,17,18,19);1H. The van der Waals surface area contributed by atoms with E-state index in [0.29, 0.717) is 13.2 Å². The zero-order valence-electron chi connectivity index (χ0n) is 12.6. The first-order valence-electron chi connectivity index (χ1n) is 6.96. The summed E-state index contributed by atoms with van der Waals surface area (Å²) >= 11 is 1.70. The summed E-state index contributed by atoms with van der Waals surface area (Å²) in [6, 6.07) is 12.3. The Morgan fingerprint density at radius 2 is 1.95 bits per heavy atom. The van der Waals surface area contributed by atoms with Crippen LogP contribution in [0.4, 0.5) is 0 Å². The first kappa shape index (κ1) is 18.9. The maximum Gasteiger partial charge on any atom is 0.191 e. The molecule has 0 saturated heterocycles. The zero-order valence-corrected chi connectivity index (χ0v) is 15.8. The Morgan fingerprint density at radius 1 is 1.14 bits per heavy atom. The Morgan fingerprint density at radius 3 is 2.64 bits per heavy atom. The fraction of sp³-hybridized carbons (Fsp3) is 0.312. The lowest BCUT2D eigenvalue weighted by Gasteiger charge is -2.11. The van der Waals surface area contributed by atoms with E-state index in [1.807, 2.05) is 18.2 Å². The molecule has 0 aliphatic heterocycles. The van der Waals surface area contributed by atoms with Gasteiger partial charge in [0.15, 0.2) is 5.96 Å². The molecule has 0 spiro atoms. The summed E-state index contributed by atoms with van der Waals surface area (Å²) in [6.45, 7) is 2.81. The Hall–Kier alpha value is -1.12. The Balaban J connectivity index is 0.00000242. The smallest absolute Gasteiger partial charge is 0.191 e. The lowest BCUT2D eigenvalue weighted by atomic mass is 10.2. The molecule has 0 bridgehead atoms. The van der Waals surface area contributed by atoms with Gasteiger partial charge in [-0.25, -0.2) is 0 Å². The molecule has 0 aliphatic rings. The number of nitrogens with zero attached hydrogens (tertiary/aromatic N) is 1. The summed E-state index contributed by atoms with van der Waals surface area (Å²) < 4.78 is 5.62. The number of nitrogens with one attached hydrogen (secondary N) is 2. The molecule has 2 rings (SSSR count). The molecule has 120 valence electrons. The molecular formula is C16H22IN3OS. The van der Waals surface area contributed by atoms with Crippen molar-refractivity contribution in [3.63, 3.8) is 0 Å². The second-order valence-electron chi connectivity index (χ2n) is 4.52. The summed E-state index contributed by atoms with van der Waals surface area (Å²) in [5.41, 5.74) is 2.46. The molecule has 0 atom stereocenters. The van der Waals surface area contributed by atoms with E-state index in [2.05, 4.69) is 44.6 Å². The van der Waals surface area contributed by atoms with Crippen LogP contribution in [0.5, 0.6) is 0 Å². The molecule has 0 saturated carbocycles. The van der Waals surface area contributed by atoms with Crippen LogP contribution in [0.15, 0.2) is 52.2 Å². The highest BCUT2D eigenvalue weighted by Crippen LogP contribution is 2.04. The molecule has 6 heteroatoms. The van der Waals surface area contributed by atoms with E-state index < -0.39 is 0 Å². The van der Waals surface area contributed by atoms with E-state index >= 15 is 0 Å². The van der Waals surface area contributed by atoms with Crippen molar-refractivity contribution in [3.8, 4) is 0 Å². The molecule has 0 unspecified atom stereocenters. The van der Waals surface area contributed by atoms with Gasteiger partial charge in [-0.15, -0.1) is 24.0 Å². The topological polar surface area (TPSA) is 45.7 Å². The number of ether oxygens (including phenoxy) is 1. The fourth-order valence-corrected chi connectivity index (χ4v) is 2.47. The molecule has 22 heavy (non-hydrogen) atoms. The van der Waals surface area contributed by atoms with Crippen molar-refractivity contribution in [2.75, 3.05) is 20.2 Å². The first-order valence-corrected chi connectivity index (χ1v) is 7.90. The number of hydrogen-bond acceptors (Lipinski definition) is 3. The highest BCUT2D eigenvalue weighted by atomic mass is 127. The number of halogens is 1. The molecule has 0 fully saturated rings. The molecule has 0 amide bonds. The maximum absolute atomic E-state index is 5.62. The molecular weight excluding hydrogens is 409 g/mol. The number of thiophene rings is 1. The first-order chi connectivity index (χ1) is 10.4. The Kier molecular flexibility index (Phi) is 9.85. The third-order valence-electron chi connectivity index (χ3n) is 2.91. The summed E-state index contributed by atoms with van der Waals surface area (Å²) in [7, 11) is 1.77. The number of aliphatic imine (C=N–C) groups is 1. The number of rotatable bonds is 7. The molecule has 1 aromatic carbocycles. The normalized spacial score (nSPS) is 10.9. The van der Waals surface area contributed by atoms with E-state index in [9.17, 15) is 0 Å². The molecule has 1 aromatic heterocycles. The molecule has 2 N–H and O–H groups in total. The van der Waals surface area contributed by atoms with Crippen LogP contribution < -0.4 is 10.6 Å². The minimum Gasteiger partial charge on any atom is -0.375 e. The number of hydrogen-bond donors (Lipinski definition) is 2. The third kappa shape index (κ3) is 7.24. The van der Waals surface area contributed by atoms with Gasteiger partial charge in [-0.05, 0) is 28.0 Å². The van der Waals surface area contributed by atoms with Gasteiger partial charge in [0, 0.05) is 20.1 Å². The maximum atomic E-state index is 5.62. The van der Waals surface area contributed by atoms with Crippen LogP contribution in [-0.2, 0) is 17.9 Å². The summed E-state index contributed by atoms with van der Waals surface area (Å²) in [5, 5.41) is 10.7. The largest absolute Gasteiger partial charge is 0.375 e. The van der Waals surface area contributed by atoms with Crippen LogP contribution >= 0.6 is 35.3 Å². The average molecular weight is 431 g/mol. The molecule has 0 aliphatic carbocycles. The van der Waals surface area contributed by atoms with Gasteiger partial charge in [-0.3, -0.25) is 4.99 Å². The quantitative estimate of drug-likeness (QED) is 0.306. The highest BCUT2D eigenvalue weighted by Gasteiger charge is 1.98. The molecule has 0 radical (unpaired) electrons. The van der Waals surface area contributed by atoms with Gasteiger partial charge in [0.2, 0.25) is 0 Å². The number of guanidine groups is 1. The molecule has 4 nitrogen and oxygen atoms in total. The van der Waals surface area contributed by atoms with Gasteiger partial charge in [0.05, 0.1) is 13.2 Å². The van der Waals surface area contributed by atoms with Crippen LogP contribution in [0.2, 0.25) is 0 Å². The predicted molar refractivity (Wildman–Crippen MR) is 104 cm³/mol. The minimum absolute atomic E-state index is 0. The fourth-order valence-electron chi connectivity index (χ4n) is 1.81. The van der Waals surface area contributed by atoms with Crippen molar-refractivity contribution in [3.05, 3.63) is 58.3 Å². The third-order valence-corrected chi connectivity index (χ3v) is 3.65. The summed E-state index contributed by atoms with van der Waals surface area (Å²) in [4.78, 5) is 4.19. The Labute approximate surface area is 153 Å². The van der Waals surface area contributed by atoms with Crippen LogP contribution in [0.1, 0.15) is 11.1 Å². The van der Waals surface area contributed by atoms with Gasteiger partial charge in [0.1, 0.15) is 0 Å². The van der Waals surface area contributed by atoms with Gasteiger partial charge in [-0.2, -0.15) is 11.3 Å². The Bertz CT molecular complexity index is 532. The van der Waals surface area contributed by atoms with E-state index in [4.69, 9.17) is 4.74 Å². The SMILES string of the molecule is CN=C(NCCOCc1ccccc1)NCc1ccsc1.I. The van der Waals surface area contributed by atoms with Crippen molar-refractivity contribution in [2.24, 2.45) is 4.99 Å². The van der Waals surface area contributed by atoms with Crippen molar-refractivity contribution in [1.29, 1.82) is 0 Å². The monoisotopic (exact) mass is 431 g/mol. The van der Waals surface area contributed by atoms with Crippen molar-refractivity contribution in [1.82, 2.24) is 10.6 Å². The van der Waals surface area contributed by atoms with E-state index in [0.717, 1.165) is 19.0 Å². The van der Waals surface area contributed by atoms with Crippen molar-refractivity contribution < 1.29 is 4.74 Å². The lowest BCUT2D eigenvalue weighted by Crippen LogP contribution is -2.38. The lowest BCUT2D eigenvalue weighted by molar-refractivity contribution is 0.125. The summed E-state index contributed by atoms with van der Waals surface area (Å²) in [5.74, 6) is 0.796. The van der Waals surface area contributed by atoms with E-state index in [1.165, 1.54) is 11.1 Å². The van der Waals surface area contributed by atoms with Crippen LogP contribution in [-0.4, -0.2) is 26.2 Å². The molecule has 1 heterocycles. The van der Waals surface area contributed by atoms with E-state index in [-0.39, 0.29) is 24.0 Å². The zero-order chi connectivity index (χ0) is 14.8. The average Bonchev–Trinajstić information content (AvgIpc) is 3.04. The van der Waals surface area contributed by atoms with Gasteiger partial charge in [0.25, 0.3) is 0 Å². The van der Waals surface area contributed by atoms with Crippen LogP contribution in [0.3, 0.4) is 0 Å². The summed E-state index contributed by atoms with van der Waals surface area (Å²) in [6.07, 6.45) is 0. The van der Waals surface area contributed by atoms with Crippen LogP contribution in [0, 0.1) is 0 Å². The van der Waals surface area contributed by atoms with Gasteiger partial charge in [-0.1, -0.05) is 30.3 Å². The van der Waals surface area contributed by atoms with Crippen molar-refractivity contribution >= 4 is 41.3 Å². The van der Waals surface area contributed by atoms with Crippen LogP contribution in [0.25, 0.3) is 0 Å². The molecule has 2 aromatic rings.